The van der Waals surface area contributed by atoms with Crippen molar-refractivity contribution < 1.29 is 9.53 Å². The minimum atomic E-state index is 0.151. The van der Waals surface area contributed by atoms with Gasteiger partial charge in [-0.1, -0.05) is 12.1 Å². The molecule has 0 bridgehead atoms. The van der Waals surface area contributed by atoms with Crippen molar-refractivity contribution in [1.29, 1.82) is 0 Å². The van der Waals surface area contributed by atoms with Crippen LogP contribution in [0.5, 0.6) is 0 Å². The molecule has 5 nitrogen and oxygen atoms in total. The van der Waals surface area contributed by atoms with E-state index in [2.05, 4.69) is 21.3 Å². The molecule has 0 spiro atoms. The topological polar surface area (TPSA) is 54.5 Å². The first-order valence-corrected chi connectivity index (χ1v) is 9.54. The highest BCUT2D eigenvalue weighted by Crippen LogP contribution is 2.22. The average molecular weight is 347 g/mol. The molecule has 1 aromatic carbocycles. The number of nitrogens with zero attached hydrogens (tertiary/aromatic N) is 2. The Morgan fingerprint density at radius 3 is 2.92 bits per heavy atom. The number of ether oxygens (including phenoxy) is 1. The van der Waals surface area contributed by atoms with E-state index in [0.717, 1.165) is 69.2 Å². The fraction of sp³-hybridized carbons (Fsp3) is 0.556. The monoisotopic (exact) mass is 347 g/mol. The number of carbonyl (C=O) groups excluding carboxylic acids is 1. The Morgan fingerprint density at radius 1 is 1.25 bits per heavy atom. The van der Waals surface area contributed by atoms with Crippen molar-refractivity contribution in [2.24, 2.45) is 0 Å². The van der Waals surface area contributed by atoms with Crippen LogP contribution in [0.2, 0.25) is 0 Å². The lowest BCUT2D eigenvalue weighted by Crippen LogP contribution is -2.38. The fourth-order valence-corrected chi connectivity index (χ4v) is 3.88. The third-order valence-electron chi connectivity index (χ3n) is 4.21. The van der Waals surface area contributed by atoms with Crippen LogP contribution in [0.3, 0.4) is 0 Å². The minimum absolute atomic E-state index is 0.151. The van der Waals surface area contributed by atoms with E-state index in [0.29, 0.717) is 6.42 Å². The third-order valence-corrected chi connectivity index (χ3v) is 5.31. The van der Waals surface area contributed by atoms with Crippen LogP contribution < -0.4 is 5.32 Å². The lowest BCUT2D eigenvalue weighted by molar-refractivity contribution is -0.121. The van der Waals surface area contributed by atoms with Crippen molar-refractivity contribution in [3.8, 4) is 0 Å². The van der Waals surface area contributed by atoms with Crippen LogP contribution >= 0.6 is 11.3 Å². The van der Waals surface area contributed by atoms with Gasteiger partial charge in [-0.2, -0.15) is 0 Å². The molecule has 0 atom stereocenters. The van der Waals surface area contributed by atoms with Gasteiger partial charge in [0, 0.05) is 26.1 Å². The lowest BCUT2D eigenvalue weighted by Gasteiger charge is -2.26. The van der Waals surface area contributed by atoms with E-state index in [1.165, 1.54) is 4.70 Å². The SMILES string of the molecule is O=C(CCCc1nc2ccccc2s1)NCCCN1CCOCC1. The Balaban J connectivity index is 1.28. The zero-order valence-corrected chi connectivity index (χ0v) is 14.8. The molecule has 1 N–H and O–H groups in total. The van der Waals surface area contributed by atoms with E-state index in [9.17, 15) is 4.79 Å². The van der Waals surface area contributed by atoms with Crippen LogP contribution in [0.4, 0.5) is 0 Å². The molecular weight excluding hydrogens is 322 g/mol. The molecule has 0 saturated carbocycles. The highest BCUT2D eigenvalue weighted by atomic mass is 32.1. The highest BCUT2D eigenvalue weighted by Gasteiger charge is 2.10. The summed E-state index contributed by atoms with van der Waals surface area (Å²) in [4.78, 5) is 18.9. The number of rotatable bonds is 8. The molecule has 1 saturated heterocycles. The van der Waals surface area contributed by atoms with Crippen LogP contribution in [0.25, 0.3) is 10.2 Å². The Hall–Kier alpha value is -1.50. The first-order chi connectivity index (χ1) is 11.8. The minimum Gasteiger partial charge on any atom is -0.379 e. The summed E-state index contributed by atoms with van der Waals surface area (Å²) < 4.78 is 6.55. The van der Waals surface area contributed by atoms with Crippen molar-refractivity contribution in [1.82, 2.24) is 15.2 Å². The largest absolute Gasteiger partial charge is 0.379 e. The summed E-state index contributed by atoms with van der Waals surface area (Å²) in [6.07, 6.45) is 3.31. The second-order valence-electron chi connectivity index (χ2n) is 6.09. The first kappa shape index (κ1) is 17.3. The second-order valence-corrected chi connectivity index (χ2v) is 7.20. The van der Waals surface area contributed by atoms with E-state index < -0.39 is 0 Å². The smallest absolute Gasteiger partial charge is 0.220 e. The standard InChI is InChI=1S/C18H25N3O2S/c22-17(19-9-4-10-21-11-13-23-14-12-21)7-3-8-18-20-15-5-1-2-6-16(15)24-18/h1-2,5-6H,3-4,7-14H2,(H,19,22). The molecule has 2 heterocycles. The van der Waals surface area contributed by atoms with Gasteiger partial charge in [0.2, 0.25) is 5.91 Å². The number of thiazole rings is 1. The molecule has 3 rings (SSSR count). The van der Waals surface area contributed by atoms with E-state index >= 15 is 0 Å². The number of morpholine rings is 1. The summed E-state index contributed by atoms with van der Waals surface area (Å²) in [5, 5.41) is 4.14. The zero-order chi connectivity index (χ0) is 16.6. The van der Waals surface area contributed by atoms with Gasteiger partial charge in [-0.3, -0.25) is 9.69 Å². The maximum absolute atomic E-state index is 11.9. The van der Waals surface area contributed by atoms with Crippen LogP contribution in [0.1, 0.15) is 24.3 Å². The number of amides is 1. The molecule has 0 radical (unpaired) electrons. The molecule has 1 amide bonds. The molecule has 1 fully saturated rings. The predicted molar refractivity (Wildman–Crippen MR) is 97.4 cm³/mol. The molecule has 6 heteroatoms. The summed E-state index contributed by atoms with van der Waals surface area (Å²) in [5.74, 6) is 0.151. The molecular formula is C18H25N3O2S. The molecule has 24 heavy (non-hydrogen) atoms. The van der Waals surface area contributed by atoms with Gasteiger partial charge in [0.25, 0.3) is 0 Å². The maximum Gasteiger partial charge on any atom is 0.220 e. The van der Waals surface area contributed by atoms with Gasteiger partial charge in [0.1, 0.15) is 0 Å². The van der Waals surface area contributed by atoms with Crippen molar-refractivity contribution in [2.45, 2.75) is 25.7 Å². The molecule has 0 aliphatic carbocycles. The van der Waals surface area contributed by atoms with Gasteiger partial charge in [-0.25, -0.2) is 4.98 Å². The van der Waals surface area contributed by atoms with Gasteiger partial charge >= 0.3 is 0 Å². The van der Waals surface area contributed by atoms with Gasteiger partial charge in [0.15, 0.2) is 0 Å². The summed E-state index contributed by atoms with van der Waals surface area (Å²) in [7, 11) is 0. The number of hydrogen-bond donors (Lipinski definition) is 1. The number of para-hydroxylation sites is 1. The van der Waals surface area contributed by atoms with Gasteiger partial charge in [0.05, 0.1) is 28.4 Å². The van der Waals surface area contributed by atoms with Crippen molar-refractivity contribution >= 4 is 27.5 Å². The molecule has 2 aromatic rings. The number of hydrogen-bond acceptors (Lipinski definition) is 5. The summed E-state index contributed by atoms with van der Waals surface area (Å²) in [5.41, 5.74) is 1.06. The van der Waals surface area contributed by atoms with Crippen LogP contribution in [0.15, 0.2) is 24.3 Å². The average Bonchev–Trinajstić information content (AvgIpc) is 3.02. The summed E-state index contributed by atoms with van der Waals surface area (Å²) >= 11 is 1.73. The molecule has 1 aliphatic rings. The quantitative estimate of drug-likeness (QED) is 0.745. The van der Waals surface area contributed by atoms with Crippen molar-refractivity contribution in [2.75, 3.05) is 39.4 Å². The van der Waals surface area contributed by atoms with Crippen molar-refractivity contribution in [3.63, 3.8) is 0 Å². The van der Waals surface area contributed by atoms with Gasteiger partial charge < -0.3 is 10.1 Å². The number of aromatic nitrogens is 1. The van der Waals surface area contributed by atoms with Crippen LogP contribution in [0, 0.1) is 0 Å². The molecule has 1 aliphatic heterocycles. The third kappa shape index (κ3) is 5.26. The van der Waals surface area contributed by atoms with Crippen LogP contribution in [-0.4, -0.2) is 55.2 Å². The normalized spacial score (nSPS) is 15.7. The van der Waals surface area contributed by atoms with Crippen LogP contribution in [-0.2, 0) is 16.0 Å². The van der Waals surface area contributed by atoms with Crippen molar-refractivity contribution in [3.05, 3.63) is 29.3 Å². The van der Waals surface area contributed by atoms with Gasteiger partial charge in [-0.15, -0.1) is 11.3 Å². The van der Waals surface area contributed by atoms with Gasteiger partial charge in [-0.05, 0) is 37.9 Å². The summed E-state index contributed by atoms with van der Waals surface area (Å²) in [6, 6.07) is 8.18. The number of nitrogens with one attached hydrogen (secondary N) is 1. The Morgan fingerprint density at radius 2 is 2.08 bits per heavy atom. The summed E-state index contributed by atoms with van der Waals surface area (Å²) in [6.45, 7) is 5.48. The Bertz CT molecular complexity index is 620. The molecule has 0 unspecified atom stereocenters. The van der Waals surface area contributed by atoms with E-state index in [1.54, 1.807) is 11.3 Å². The Labute approximate surface area is 147 Å². The van der Waals surface area contributed by atoms with E-state index in [-0.39, 0.29) is 5.91 Å². The number of benzene rings is 1. The lowest BCUT2D eigenvalue weighted by atomic mass is 10.2. The maximum atomic E-state index is 11.9. The number of aryl methyl sites for hydroxylation is 1. The zero-order valence-electron chi connectivity index (χ0n) is 14.0. The second kappa shape index (κ2) is 9.11. The number of fused-ring (bicyclic) bond motifs is 1. The Kier molecular flexibility index (Phi) is 6.57. The molecule has 1 aromatic heterocycles. The fourth-order valence-electron chi connectivity index (χ4n) is 2.87. The highest BCUT2D eigenvalue weighted by molar-refractivity contribution is 7.18. The first-order valence-electron chi connectivity index (χ1n) is 8.72. The molecule has 130 valence electrons. The van der Waals surface area contributed by atoms with E-state index in [1.807, 2.05) is 18.2 Å². The predicted octanol–water partition coefficient (Wildman–Crippen LogP) is 2.46. The van der Waals surface area contributed by atoms with E-state index in [4.69, 9.17) is 4.74 Å². The number of carbonyl (C=O) groups is 1.